The molecule has 0 aliphatic carbocycles. The molecule has 2 heterocycles. The number of carbonyl (C=O) groups is 2. The number of hydrogen-bond acceptors (Lipinski definition) is 6. The molecule has 1 fully saturated rings. The molecule has 154 valence electrons. The van der Waals surface area contributed by atoms with Crippen LogP contribution in [-0.4, -0.2) is 60.0 Å². The predicted molar refractivity (Wildman–Crippen MR) is 106 cm³/mol. The fraction of sp³-hybridized carbons (Fsp3) is 0.350. The van der Waals surface area contributed by atoms with Crippen LogP contribution in [0.2, 0.25) is 0 Å². The Morgan fingerprint density at radius 1 is 1.24 bits per heavy atom. The van der Waals surface area contributed by atoms with Crippen molar-refractivity contribution in [1.82, 2.24) is 9.88 Å². The first-order valence-corrected chi connectivity index (χ1v) is 9.79. The Morgan fingerprint density at radius 3 is 2.72 bits per heavy atom. The molecule has 29 heavy (non-hydrogen) atoms. The molecule has 1 amide bonds. The molecule has 1 unspecified atom stereocenters. The van der Waals surface area contributed by atoms with Gasteiger partial charge >= 0.3 is 12.1 Å². The summed E-state index contributed by atoms with van der Waals surface area (Å²) in [7, 11) is 0. The largest absolute Gasteiger partial charge is 0.480 e. The van der Waals surface area contributed by atoms with Crippen molar-refractivity contribution in [2.24, 2.45) is 0 Å². The highest BCUT2D eigenvalue weighted by molar-refractivity contribution is 9.10. The second kappa shape index (κ2) is 9.82. The molecule has 0 bridgehead atoms. The van der Waals surface area contributed by atoms with Crippen molar-refractivity contribution in [3.05, 3.63) is 64.4 Å². The van der Waals surface area contributed by atoms with Crippen LogP contribution in [0.1, 0.15) is 11.3 Å². The van der Waals surface area contributed by atoms with Gasteiger partial charge in [-0.15, -0.1) is 0 Å². The lowest BCUT2D eigenvalue weighted by molar-refractivity contribution is -0.156. The molecule has 3 rings (SSSR count). The molecular weight excluding hydrogens is 444 g/mol. The van der Waals surface area contributed by atoms with Crippen molar-refractivity contribution in [3.8, 4) is 0 Å². The molecule has 1 aliphatic heterocycles. The van der Waals surface area contributed by atoms with Gasteiger partial charge in [-0.1, -0.05) is 30.3 Å². The zero-order valence-electron chi connectivity index (χ0n) is 15.6. The van der Waals surface area contributed by atoms with Gasteiger partial charge in [0.05, 0.1) is 25.5 Å². The van der Waals surface area contributed by atoms with Crippen LogP contribution in [-0.2, 0) is 31.2 Å². The van der Waals surface area contributed by atoms with E-state index < -0.39 is 24.3 Å². The minimum atomic E-state index is -1.22. The van der Waals surface area contributed by atoms with Crippen LogP contribution in [0.3, 0.4) is 0 Å². The third kappa shape index (κ3) is 5.75. The Labute approximate surface area is 176 Å². The fourth-order valence-electron chi connectivity index (χ4n) is 2.97. The normalized spacial score (nSPS) is 19.4. The second-order valence-electron chi connectivity index (χ2n) is 6.55. The summed E-state index contributed by atoms with van der Waals surface area (Å²) in [5, 5.41) is 9.11. The van der Waals surface area contributed by atoms with Gasteiger partial charge in [-0.25, -0.2) is 9.59 Å². The molecule has 1 N–H and O–H groups in total. The molecule has 1 aromatic carbocycles. The number of carboxylic acids is 1. The number of aliphatic carboxylic acids is 1. The van der Waals surface area contributed by atoms with Gasteiger partial charge in [-0.2, -0.15) is 0 Å². The van der Waals surface area contributed by atoms with Crippen molar-refractivity contribution >= 4 is 28.0 Å². The third-order valence-corrected chi connectivity index (χ3v) is 4.89. The number of rotatable bonds is 6. The number of ether oxygens (including phenoxy) is 3. The monoisotopic (exact) mass is 464 g/mol. The van der Waals surface area contributed by atoms with E-state index in [9.17, 15) is 9.59 Å². The van der Waals surface area contributed by atoms with E-state index in [1.807, 2.05) is 30.3 Å². The second-order valence-corrected chi connectivity index (χ2v) is 7.47. The standard InChI is InChI=1S/C20H21BrN2O6/c21-16-6-7-17(22-10-16)20(29-12-18(24)25)13-23(8-9-27-14-20)19(26)28-11-15-4-2-1-3-5-15/h1-7,10H,8-9,11-14H2,(H,24,25). The number of carboxylic acid groups (broad SMARTS) is 1. The summed E-state index contributed by atoms with van der Waals surface area (Å²) in [5.74, 6) is -1.12. The van der Waals surface area contributed by atoms with Crippen LogP contribution in [0, 0.1) is 0 Å². The fourth-order valence-corrected chi connectivity index (χ4v) is 3.21. The number of benzene rings is 1. The molecule has 8 nitrogen and oxygen atoms in total. The van der Waals surface area contributed by atoms with Crippen LogP contribution in [0.15, 0.2) is 53.1 Å². The minimum Gasteiger partial charge on any atom is -0.480 e. The zero-order valence-corrected chi connectivity index (χ0v) is 17.2. The average molecular weight is 465 g/mol. The number of nitrogens with zero attached hydrogens (tertiary/aromatic N) is 2. The SMILES string of the molecule is O=C(O)COC1(c2ccc(Br)cn2)COCCN(C(=O)OCc2ccccc2)C1. The van der Waals surface area contributed by atoms with Crippen LogP contribution < -0.4 is 0 Å². The molecule has 0 saturated carbocycles. The van der Waals surface area contributed by atoms with Crippen LogP contribution >= 0.6 is 15.9 Å². The molecule has 2 aromatic rings. The molecule has 0 radical (unpaired) electrons. The third-order valence-electron chi connectivity index (χ3n) is 4.42. The van der Waals surface area contributed by atoms with Crippen LogP contribution in [0.5, 0.6) is 0 Å². The Morgan fingerprint density at radius 2 is 2.03 bits per heavy atom. The highest BCUT2D eigenvalue weighted by Crippen LogP contribution is 2.29. The maximum atomic E-state index is 12.7. The summed E-state index contributed by atoms with van der Waals surface area (Å²) in [6.45, 7) is 0.280. The Hall–Kier alpha value is -2.49. The predicted octanol–water partition coefficient (Wildman–Crippen LogP) is 2.81. The van der Waals surface area contributed by atoms with Gasteiger partial charge in [0.25, 0.3) is 0 Å². The Balaban J connectivity index is 1.79. The van der Waals surface area contributed by atoms with Gasteiger partial charge in [0, 0.05) is 17.2 Å². The van der Waals surface area contributed by atoms with Crippen LogP contribution in [0.25, 0.3) is 0 Å². The van der Waals surface area contributed by atoms with Crippen LogP contribution in [0.4, 0.5) is 4.79 Å². The maximum absolute atomic E-state index is 12.7. The van der Waals surface area contributed by atoms with Crippen molar-refractivity contribution < 1.29 is 28.9 Å². The molecule has 1 atom stereocenters. The molecule has 0 spiro atoms. The lowest BCUT2D eigenvalue weighted by atomic mass is 9.99. The number of aromatic nitrogens is 1. The number of amides is 1. The lowest BCUT2D eigenvalue weighted by Crippen LogP contribution is -2.47. The highest BCUT2D eigenvalue weighted by atomic mass is 79.9. The van der Waals surface area contributed by atoms with E-state index in [-0.39, 0.29) is 26.4 Å². The van der Waals surface area contributed by atoms with Crippen molar-refractivity contribution in [2.75, 3.05) is 32.9 Å². The summed E-state index contributed by atoms with van der Waals surface area (Å²) in [6, 6.07) is 12.8. The molecular formula is C20H21BrN2O6. The maximum Gasteiger partial charge on any atom is 0.410 e. The van der Waals surface area contributed by atoms with Gasteiger partial charge in [-0.05, 0) is 33.6 Å². The van der Waals surface area contributed by atoms with E-state index in [0.29, 0.717) is 12.2 Å². The number of carbonyl (C=O) groups excluding carboxylic acids is 1. The lowest BCUT2D eigenvalue weighted by Gasteiger charge is -2.34. The zero-order chi connectivity index (χ0) is 20.7. The quantitative estimate of drug-likeness (QED) is 0.701. The first-order chi connectivity index (χ1) is 14.0. The Bertz CT molecular complexity index is 833. The topological polar surface area (TPSA) is 98.2 Å². The highest BCUT2D eigenvalue weighted by Gasteiger charge is 2.41. The summed E-state index contributed by atoms with van der Waals surface area (Å²) < 4.78 is 17.6. The Kier molecular flexibility index (Phi) is 7.18. The van der Waals surface area contributed by atoms with E-state index in [4.69, 9.17) is 19.3 Å². The van der Waals surface area contributed by atoms with Crippen molar-refractivity contribution in [3.63, 3.8) is 0 Å². The first-order valence-electron chi connectivity index (χ1n) is 9.00. The number of pyridine rings is 1. The van der Waals surface area contributed by atoms with Gasteiger partial charge in [0.1, 0.15) is 13.2 Å². The molecule has 1 saturated heterocycles. The molecule has 1 aromatic heterocycles. The smallest absolute Gasteiger partial charge is 0.410 e. The minimum absolute atomic E-state index is 0.0581. The van der Waals surface area contributed by atoms with E-state index in [1.165, 1.54) is 4.90 Å². The number of hydrogen-bond donors (Lipinski definition) is 1. The average Bonchev–Trinajstić information content (AvgIpc) is 2.95. The molecule has 9 heteroatoms. The van der Waals surface area contributed by atoms with Gasteiger partial charge in [0.2, 0.25) is 0 Å². The summed E-state index contributed by atoms with van der Waals surface area (Å²) in [4.78, 5) is 29.6. The number of halogens is 1. The van der Waals surface area contributed by atoms with Gasteiger partial charge < -0.3 is 24.2 Å². The van der Waals surface area contributed by atoms with Gasteiger partial charge in [-0.3, -0.25) is 4.98 Å². The van der Waals surface area contributed by atoms with Crippen molar-refractivity contribution in [2.45, 2.75) is 12.2 Å². The van der Waals surface area contributed by atoms with Crippen molar-refractivity contribution in [1.29, 1.82) is 0 Å². The first kappa shape index (κ1) is 21.2. The molecule has 1 aliphatic rings. The summed E-state index contributed by atoms with van der Waals surface area (Å²) >= 11 is 3.33. The van der Waals surface area contributed by atoms with E-state index >= 15 is 0 Å². The van der Waals surface area contributed by atoms with E-state index in [1.54, 1.807) is 18.3 Å². The summed E-state index contributed by atoms with van der Waals surface area (Å²) in [5.41, 5.74) is 0.126. The van der Waals surface area contributed by atoms with Gasteiger partial charge in [0.15, 0.2) is 5.60 Å². The summed E-state index contributed by atoms with van der Waals surface area (Å²) in [6.07, 6.45) is 1.06. The van der Waals surface area contributed by atoms with E-state index in [0.717, 1.165) is 10.0 Å². The van der Waals surface area contributed by atoms with E-state index in [2.05, 4.69) is 20.9 Å².